The fourth-order valence-electron chi connectivity index (χ4n) is 5.34. The first-order chi connectivity index (χ1) is 17.7. The molecule has 0 bridgehead atoms. The van der Waals surface area contributed by atoms with Gasteiger partial charge in [0.05, 0.1) is 11.1 Å². The molecule has 0 spiro atoms. The monoisotopic (exact) mass is 466 g/mol. The number of ketones is 1. The molecule has 0 radical (unpaired) electrons. The van der Waals surface area contributed by atoms with Crippen LogP contribution in [0.5, 0.6) is 0 Å². The van der Waals surface area contributed by atoms with Gasteiger partial charge in [0.1, 0.15) is 19.6 Å². The zero-order valence-corrected chi connectivity index (χ0v) is 20.2. The molecule has 0 atom stereocenters. The van der Waals surface area contributed by atoms with Crippen molar-refractivity contribution in [1.29, 1.82) is 0 Å². The molecule has 2 heteroatoms. The molecular weight excluding hydrogens is 438 g/mol. The van der Waals surface area contributed by atoms with Gasteiger partial charge in [-0.3, -0.25) is 4.79 Å². The van der Waals surface area contributed by atoms with Crippen LogP contribution in [0.1, 0.15) is 16.7 Å². The zero-order chi connectivity index (χ0) is 24.3. The van der Waals surface area contributed by atoms with E-state index in [1.54, 1.807) is 0 Å². The molecule has 1 heterocycles. The number of carbonyl (C=O) groups excluding carboxylic acids is 1. The molecule has 5 aromatic rings. The number of carbonyl (C=O) groups is 1. The largest absolute Gasteiger partial charge is 0.323 e. The van der Waals surface area contributed by atoms with E-state index >= 15 is 0 Å². The summed E-state index contributed by atoms with van der Waals surface area (Å²) in [5.74, 6) is 0.160. The summed E-state index contributed by atoms with van der Waals surface area (Å²) in [5, 5.41) is 4.73. The van der Waals surface area contributed by atoms with E-state index in [0.29, 0.717) is 13.1 Å². The number of piperidine rings is 1. The van der Waals surface area contributed by atoms with Crippen LogP contribution in [0.25, 0.3) is 33.7 Å². The highest BCUT2D eigenvalue weighted by molar-refractivity contribution is 6.15. The predicted octanol–water partition coefficient (Wildman–Crippen LogP) is 6.13. The summed E-state index contributed by atoms with van der Waals surface area (Å²) in [4.78, 5) is 15.2. The highest BCUT2D eigenvalue weighted by Gasteiger charge is 2.29. The van der Waals surface area contributed by atoms with Gasteiger partial charge < -0.3 is 4.90 Å². The number of Topliss-reactive ketones (excluding diaryl/α,β-unsaturated/α-hetero) is 1. The van der Waals surface area contributed by atoms with E-state index in [-0.39, 0.29) is 5.78 Å². The second-order valence-electron chi connectivity index (χ2n) is 9.57. The van der Waals surface area contributed by atoms with Crippen molar-refractivity contribution in [3.8, 4) is 0 Å². The second kappa shape index (κ2) is 9.77. The lowest BCUT2D eigenvalue weighted by atomic mass is 9.92. The number of benzene rings is 5. The number of fused-ring (bicyclic) bond motifs is 2. The van der Waals surface area contributed by atoms with E-state index in [4.69, 9.17) is 0 Å². The van der Waals surface area contributed by atoms with Crippen molar-refractivity contribution < 1.29 is 9.69 Å². The van der Waals surface area contributed by atoms with Gasteiger partial charge in [0.25, 0.3) is 0 Å². The highest BCUT2D eigenvalue weighted by atomic mass is 16.1. The number of likely N-dealkylation sites (tertiary alicyclic amines) is 1. The molecule has 5 aromatic carbocycles. The Hall–Kier alpha value is -4.27. The first-order valence-electron chi connectivity index (χ1n) is 12.5. The van der Waals surface area contributed by atoms with Crippen LogP contribution in [-0.4, -0.2) is 18.9 Å². The number of hydrogen-bond acceptors (Lipinski definition) is 1. The van der Waals surface area contributed by atoms with Crippen LogP contribution in [0, 0.1) is 0 Å². The Morgan fingerprint density at radius 3 is 1.58 bits per heavy atom. The van der Waals surface area contributed by atoms with E-state index in [1.165, 1.54) is 32.0 Å². The third-order valence-corrected chi connectivity index (χ3v) is 7.07. The average molecular weight is 467 g/mol. The number of rotatable bonds is 4. The van der Waals surface area contributed by atoms with Gasteiger partial charge >= 0.3 is 0 Å². The summed E-state index contributed by atoms with van der Waals surface area (Å²) in [6.45, 7) is 2.31. The van der Waals surface area contributed by atoms with E-state index in [1.807, 2.05) is 0 Å². The summed E-state index contributed by atoms with van der Waals surface area (Å²) in [7, 11) is 0. The Morgan fingerprint density at radius 2 is 1.03 bits per heavy atom. The first kappa shape index (κ1) is 22.2. The summed E-state index contributed by atoms with van der Waals surface area (Å²) in [6.07, 6.45) is 4.23. The number of nitrogens with one attached hydrogen (secondary N) is 1. The lowest BCUT2D eigenvalue weighted by molar-refractivity contribution is -0.904. The Labute approximate surface area is 211 Å². The average Bonchev–Trinajstić information content (AvgIpc) is 2.92. The molecule has 1 saturated heterocycles. The molecule has 2 nitrogen and oxygen atoms in total. The first-order valence-corrected chi connectivity index (χ1v) is 12.5. The normalized spacial score (nSPS) is 18.3. The minimum atomic E-state index is 0.160. The van der Waals surface area contributed by atoms with E-state index in [0.717, 1.165) is 28.8 Å². The topological polar surface area (TPSA) is 21.5 Å². The zero-order valence-electron chi connectivity index (χ0n) is 20.2. The van der Waals surface area contributed by atoms with Crippen LogP contribution >= 0.6 is 0 Å². The highest BCUT2D eigenvalue weighted by Crippen LogP contribution is 2.25. The van der Waals surface area contributed by atoms with Gasteiger partial charge in [-0.2, -0.15) is 0 Å². The third-order valence-electron chi connectivity index (χ3n) is 7.07. The fourth-order valence-corrected chi connectivity index (χ4v) is 5.34. The van der Waals surface area contributed by atoms with Crippen molar-refractivity contribution in [1.82, 2.24) is 0 Å². The van der Waals surface area contributed by atoms with Gasteiger partial charge in [-0.25, -0.2) is 0 Å². The predicted molar refractivity (Wildman–Crippen MR) is 150 cm³/mol. The van der Waals surface area contributed by atoms with Crippen molar-refractivity contribution in [2.75, 3.05) is 13.1 Å². The minimum Gasteiger partial charge on any atom is -0.323 e. The van der Waals surface area contributed by atoms with Gasteiger partial charge in [0.15, 0.2) is 5.78 Å². The maximum Gasteiger partial charge on any atom is 0.196 e. The SMILES string of the molecule is O=C1/C(=C/c2cccc3ccccc23)C[NH+](Cc2ccccc2)C/C1=C\c1cccc2ccccc12. The van der Waals surface area contributed by atoms with Gasteiger partial charge in [-0.1, -0.05) is 115 Å². The van der Waals surface area contributed by atoms with Crippen molar-refractivity contribution in [2.24, 2.45) is 0 Å². The van der Waals surface area contributed by atoms with Crippen LogP contribution in [0.15, 0.2) is 126 Å². The molecule has 6 rings (SSSR count). The molecule has 0 unspecified atom stereocenters. The van der Waals surface area contributed by atoms with Gasteiger partial charge in [-0.05, 0) is 44.8 Å². The van der Waals surface area contributed by atoms with Crippen LogP contribution < -0.4 is 4.90 Å². The van der Waals surface area contributed by atoms with E-state index in [2.05, 4.69) is 127 Å². The molecule has 0 amide bonds. The third kappa shape index (κ3) is 4.51. The standard InChI is InChI=1S/C34H27NO/c36-34-30(20-28-16-8-14-26-12-4-6-18-32(26)28)23-35(22-25-10-2-1-3-11-25)24-31(34)21-29-17-9-15-27-13-5-7-19-33(27)29/h1-21H,22-24H2/p+1/b30-20+,31-21+. The van der Waals surface area contributed by atoms with Crippen molar-refractivity contribution in [3.63, 3.8) is 0 Å². The summed E-state index contributed by atoms with van der Waals surface area (Å²) >= 11 is 0. The van der Waals surface area contributed by atoms with Crippen molar-refractivity contribution in [3.05, 3.63) is 143 Å². The molecule has 174 valence electrons. The van der Waals surface area contributed by atoms with Gasteiger partial charge in [-0.15, -0.1) is 0 Å². The quantitative estimate of drug-likeness (QED) is 0.316. The maximum atomic E-state index is 13.9. The Morgan fingerprint density at radius 1 is 0.556 bits per heavy atom. The van der Waals surface area contributed by atoms with Crippen LogP contribution in [0.2, 0.25) is 0 Å². The number of hydrogen-bond donors (Lipinski definition) is 1. The van der Waals surface area contributed by atoms with Gasteiger partial charge in [0.2, 0.25) is 0 Å². The molecule has 1 aliphatic heterocycles. The maximum absolute atomic E-state index is 13.9. The molecule has 0 aromatic heterocycles. The molecule has 0 saturated carbocycles. The van der Waals surface area contributed by atoms with Crippen LogP contribution in [-0.2, 0) is 11.3 Å². The van der Waals surface area contributed by atoms with E-state index in [9.17, 15) is 4.79 Å². The van der Waals surface area contributed by atoms with Gasteiger partial charge in [0, 0.05) is 5.56 Å². The molecule has 1 fully saturated rings. The Balaban J connectivity index is 1.44. The van der Waals surface area contributed by atoms with Crippen molar-refractivity contribution in [2.45, 2.75) is 6.54 Å². The summed E-state index contributed by atoms with van der Waals surface area (Å²) in [6, 6.07) is 39.9. The fraction of sp³-hybridized carbons (Fsp3) is 0.0882. The second-order valence-corrected chi connectivity index (χ2v) is 9.57. The van der Waals surface area contributed by atoms with Crippen LogP contribution in [0.4, 0.5) is 0 Å². The smallest absolute Gasteiger partial charge is 0.196 e. The molecule has 36 heavy (non-hydrogen) atoms. The lowest BCUT2D eigenvalue weighted by Crippen LogP contribution is -3.12. The molecule has 1 N–H and O–H groups in total. The Kier molecular flexibility index (Phi) is 6.03. The Bertz CT molecular complexity index is 1520. The lowest BCUT2D eigenvalue weighted by Gasteiger charge is -2.27. The molecule has 1 aliphatic rings. The van der Waals surface area contributed by atoms with Crippen LogP contribution in [0.3, 0.4) is 0 Å². The van der Waals surface area contributed by atoms with Crippen molar-refractivity contribution >= 4 is 39.5 Å². The number of quaternary nitrogens is 1. The molecule has 0 aliphatic carbocycles. The summed E-state index contributed by atoms with van der Waals surface area (Å²) in [5.41, 5.74) is 5.23. The van der Waals surface area contributed by atoms with E-state index < -0.39 is 0 Å². The minimum absolute atomic E-state index is 0.160. The molecular formula is C34H28NO+. The summed E-state index contributed by atoms with van der Waals surface area (Å²) < 4.78 is 0.